The summed E-state index contributed by atoms with van der Waals surface area (Å²) < 4.78 is 0. The topological polar surface area (TPSA) is 33.1 Å². The maximum atomic E-state index is 9.37. The number of hydrogen-bond acceptors (Lipinski definition) is 2. The van der Waals surface area contributed by atoms with Gasteiger partial charge in [0.25, 0.3) is 0 Å². The molecule has 140 valence electrons. The van der Waals surface area contributed by atoms with E-state index in [9.17, 15) is 5.11 Å². The number of aromatic hydroxyl groups is 1. The van der Waals surface area contributed by atoms with Gasteiger partial charge in [-0.2, -0.15) is 0 Å². The number of rotatable bonds is 2. The summed E-state index contributed by atoms with van der Waals surface area (Å²) in [4.78, 5) is 4.60. The highest BCUT2D eigenvalue weighted by Crippen LogP contribution is 2.23. The van der Waals surface area contributed by atoms with E-state index in [1.54, 1.807) is 6.07 Å². The molecule has 0 saturated heterocycles. The third kappa shape index (κ3) is 4.69. The van der Waals surface area contributed by atoms with Crippen molar-refractivity contribution in [3.63, 3.8) is 0 Å². The molecule has 2 nitrogen and oxygen atoms in total. The average Bonchev–Trinajstić information content (AvgIpc) is 2.79. The Morgan fingerprint density at radius 3 is 2.07 bits per heavy atom. The summed E-state index contributed by atoms with van der Waals surface area (Å²) in [6.07, 6.45) is 4.12. The van der Waals surface area contributed by atoms with Crippen LogP contribution in [0.1, 0.15) is 11.3 Å². The van der Waals surface area contributed by atoms with Gasteiger partial charge in [-0.25, -0.2) is 4.98 Å². The Morgan fingerprint density at radius 2 is 1.24 bits per heavy atom. The van der Waals surface area contributed by atoms with E-state index in [4.69, 9.17) is 0 Å². The molecular weight excluding hydrogens is 354 g/mol. The SMILES string of the molecule is C(=Cc1ccc2ccccc2n1)c1ccccc1.Oc1cccc2ccccc12. The molecule has 0 saturated carbocycles. The van der Waals surface area contributed by atoms with Crippen molar-refractivity contribution in [3.05, 3.63) is 120 Å². The number of phenols is 1. The summed E-state index contributed by atoms with van der Waals surface area (Å²) in [5, 5.41) is 12.5. The molecule has 0 spiro atoms. The van der Waals surface area contributed by atoms with Crippen LogP contribution in [0.15, 0.2) is 109 Å². The number of fused-ring (bicyclic) bond motifs is 2. The predicted octanol–water partition coefficient (Wildman–Crippen LogP) is 6.95. The Kier molecular flexibility index (Phi) is 5.63. The summed E-state index contributed by atoms with van der Waals surface area (Å²) in [5.41, 5.74) is 3.21. The average molecular weight is 375 g/mol. The van der Waals surface area contributed by atoms with Crippen molar-refractivity contribution in [3.8, 4) is 5.75 Å². The lowest BCUT2D eigenvalue weighted by molar-refractivity contribution is 0.481. The fourth-order valence-corrected chi connectivity index (χ4v) is 3.13. The van der Waals surface area contributed by atoms with E-state index in [0.29, 0.717) is 5.75 Å². The van der Waals surface area contributed by atoms with Gasteiger partial charge in [0.05, 0.1) is 11.2 Å². The molecule has 0 radical (unpaired) electrons. The van der Waals surface area contributed by atoms with Crippen molar-refractivity contribution in [1.82, 2.24) is 4.98 Å². The molecule has 0 bridgehead atoms. The number of nitrogens with zero attached hydrogens (tertiary/aromatic N) is 1. The monoisotopic (exact) mass is 375 g/mol. The van der Waals surface area contributed by atoms with Gasteiger partial charge >= 0.3 is 0 Å². The van der Waals surface area contributed by atoms with Gasteiger partial charge in [-0.1, -0.05) is 97.1 Å². The van der Waals surface area contributed by atoms with Gasteiger partial charge in [-0.15, -0.1) is 0 Å². The van der Waals surface area contributed by atoms with Crippen LogP contribution in [0.25, 0.3) is 33.8 Å². The third-order valence-corrected chi connectivity index (χ3v) is 4.63. The van der Waals surface area contributed by atoms with E-state index >= 15 is 0 Å². The number of pyridine rings is 1. The Balaban J connectivity index is 0.000000159. The summed E-state index contributed by atoms with van der Waals surface area (Å²) in [6.45, 7) is 0. The van der Waals surface area contributed by atoms with Crippen LogP contribution in [0, 0.1) is 0 Å². The Morgan fingerprint density at radius 1 is 0.552 bits per heavy atom. The zero-order valence-corrected chi connectivity index (χ0v) is 15.9. The Bertz CT molecular complexity index is 1250. The summed E-state index contributed by atoms with van der Waals surface area (Å²) >= 11 is 0. The van der Waals surface area contributed by atoms with Gasteiger partial charge in [0.2, 0.25) is 0 Å². The van der Waals surface area contributed by atoms with Crippen LogP contribution in [0.4, 0.5) is 0 Å². The number of hydrogen-bond donors (Lipinski definition) is 1. The van der Waals surface area contributed by atoms with Crippen molar-refractivity contribution >= 4 is 33.8 Å². The molecule has 1 heterocycles. The van der Waals surface area contributed by atoms with Crippen molar-refractivity contribution in [2.45, 2.75) is 0 Å². The minimum Gasteiger partial charge on any atom is -0.507 e. The molecule has 0 atom stereocenters. The number of phenolic OH excluding ortho intramolecular Hbond substituents is 1. The van der Waals surface area contributed by atoms with Crippen molar-refractivity contribution < 1.29 is 5.11 Å². The molecule has 0 amide bonds. The first-order valence-corrected chi connectivity index (χ1v) is 9.55. The Hall–Kier alpha value is -3.91. The van der Waals surface area contributed by atoms with Gasteiger partial charge in [-0.05, 0) is 35.2 Å². The fourth-order valence-electron chi connectivity index (χ4n) is 3.13. The molecule has 1 N–H and O–H groups in total. The van der Waals surface area contributed by atoms with Gasteiger partial charge in [-0.3, -0.25) is 0 Å². The van der Waals surface area contributed by atoms with E-state index in [1.165, 1.54) is 10.9 Å². The minimum atomic E-state index is 0.350. The Labute approximate surface area is 170 Å². The lowest BCUT2D eigenvalue weighted by atomic mass is 10.1. The van der Waals surface area contributed by atoms with E-state index in [1.807, 2.05) is 84.9 Å². The number of aromatic nitrogens is 1. The highest BCUT2D eigenvalue weighted by Gasteiger charge is 1.95. The quantitative estimate of drug-likeness (QED) is 0.362. The van der Waals surface area contributed by atoms with Gasteiger partial charge in [0.15, 0.2) is 0 Å². The molecule has 2 heteroatoms. The van der Waals surface area contributed by atoms with Gasteiger partial charge < -0.3 is 5.11 Å². The van der Waals surface area contributed by atoms with Crippen LogP contribution in [0.5, 0.6) is 5.75 Å². The lowest BCUT2D eigenvalue weighted by Crippen LogP contribution is -1.82. The maximum absolute atomic E-state index is 9.37. The molecule has 0 unspecified atom stereocenters. The van der Waals surface area contributed by atoms with Crippen LogP contribution in [-0.4, -0.2) is 10.1 Å². The zero-order chi connectivity index (χ0) is 19.9. The zero-order valence-electron chi connectivity index (χ0n) is 15.9. The largest absolute Gasteiger partial charge is 0.507 e. The molecule has 4 aromatic carbocycles. The second kappa shape index (κ2) is 8.85. The van der Waals surface area contributed by atoms with Gasteiger partial charge in [0.1, 0.15) is 5.75 Å². The summed E-state index contributed by atoms with van der Waals surface area (Å²) in [5.74, 6) is 0.350. The highest BCUT2D eigenvalue weighted by molar-refractivity contribution is 5.87. The van der Waals surface area contributed by atoms with E-state index < -0.39 is 0 Å². The molecule has 0 aliphatic rings. The molecule has 5 rings (SSSR count). The normalized spacial score (nSPS) is 10.8. The smallest absolute Gasteiger partial charge is 0.123 e. The first-order chi connectivity index (χ1) is 14.3. The predicted molar refractivity (Wildman–Crippen MR) is 123 cm³/mol. The molecule has 29 heavy (non-hydrogen) atoms. The van der Waals surface area contributed by atoms with Crippen LogP contribution in [0.2, 0.25) is 0 Å². The molecule has 0 fully saturated rings. The molecule has 5 aromatic rings. The summed E-state index contributed by atoms with van der Waals surface area (Å²) in [7, 11) is 0. The van der Waals surface area contributed by atoms with Crippen LogP contribution < -0.4 is 0 Å². The first-order valence-electron chi connectivity index (χ1n) is 9.55. The third-order valence-electron chi connectivity index (χ3n) is 4.63. The standard InChI is InChI=1S/C17H13N.C10H8O/c1-2-6-14(7-3-1)10-12-16-13-11-15-8-4-5-9-17(15)18-16;11-10-7-3-5-8-4-1-2-6-9(8)10/h1-13H;1-7,11H. The van der Waals surface area contributed by atoms with E-state index in [-0.39, 0.29) is 0 Å². The van der Waals surface area contributed by atoms with Gasteiger partial charge in [0, 0.05) is 10.8 Å². The lowest BCUT2D eigenvalue weighted by Gasteiger charge is -1.98. The molecule has 1 aromatic heterocycles. The van der Waals surface area contributed by atoms with E-state index in [2.05, 4.69) is 35.3 Å². The molecule has 0 aliphatic heterocycles. The van der Waals surface area contributed by atoms with Crippen molar-refractivity contribution in [2.75, 3.05) is 0 Å². The second-order valence-electron chi connectivity index (χ2n) is 6.67. The second-order valence-corrected chi connectivity index (χ2v) is 6.67. The fraction of sp³-hybridized carbons (Fsp3) is 0. The highest BCUT2D eigenvalue weighted by atomic mass is 16.3. The summed E-state index contributed by atoms with van der Waals surface area (Å²) in [6, 6.07) is 35.8. The van der Waals surface area contributed by atoms with Crippen LogP contribution in [0.3, 0.4) is 0 Å². The van der Waals surface area contributed by atoms with E-state index in [0.717, 1.165) is 22.0 Å². The van der Waals surface area contributed by atoms with Crippen LogP contribution >= 0.6 is 0 Å². The van der Waals surface area contributed by atoms with Crippen LogP contribution in [-0.2, 0) is 0 Å². The minimum absolute atomic E-state index is 0.350. The number of benzene rings is 4. The van der Waals surface area contributed by atoms with Crippen molar-refractivity contribution in [1.29, 1.82) is 0 Å². The maximum Gasteiger partial charge on any atom is 0.123 e. The first kappa shape index (κ1) is 18.5. The molecular formula is C27H21NO. The molecule has 0 aliphatic carbocycles. The number of para-hydroxylation sites is 1. The van der Waals surface area contributed by atoms with Crippen molar-refractivity contribution in [2.24, 2.45) is 0 Å².